The Morgan fingerprint density at radius 2 is 1.29 bits per heavy atom. The van der Waals surface area contributed by atoms with Crippen molar-refractivity contribution in [1.82, 2.24) is 0 Å². The standard InChI is InChI=1S/C14H26O7/c1-2-3-4-5-6-7-9(16)11(18)13(20)14(21)12(19)10(17)8-15/h9-12,15-19H,2-8H2,1H3/t9?,10-,11?,12-/m1/s1. The van der Waals surface area contributed by atoms with Gasteiger partial charge in [-0.15, -0.1) is 0 Å². The van der Waals surface area contributed by atoms with Gasteiger partial charge in [0.1, 0.15) is 18.3 Å². The highest BCUT2D eigenvalue weighted by molar-refractivity contribution is 6.40. The summed E-state index contributed by atoms with van der Waals surface area (Å²) in [4.78, 5) is 23.0. The third kappa shape index (κ3) is 7.10. The zero-order valence-electron chi connectivity index (χ0n) is 12.3. The Bertz CT molecular complexity index is 318. The Morgan fingerprint density at radius 3 is 1.76 bits per heavy atom. The molecule has 21 heavy (non-hydrogen) atoms. The Labute approximate surface area is 124 Å². The Kier molecular flexibility index (Phi) is 10.4. The van der Waals surface area contributed by atoms with Crippen molar-refractivity contribution in [1.29, 1.82) is 0 Å². The van der Waals surface area contributed by atoms with Crippen LogP contribution in [0.4, 0.5) is 0 Å². The first-order chi connectivity index (χ1) is 9.86. The van der Waals surface area contributed by atoms with E-state index in [1.54, 1.807) is 0 Å². The summed E-state index contributed by atoms with van der Waals surface area (Å²) in [5.41, 5.74) is 0. The van der Waals surface area contributed by atoms with Gasteiger partial charge < -0.3 is 25.5 Å². The van der Waals surface area contributed by atoms with Crippen molar-refractivity contribution >= 4 is 11.6 Å². The SMILES string of the molecule is CCCCCCCC(O)C(O)C(=O)C(=O)[C@H](O)[C@H](O)CO. The molecule has 0 saturated heterocycles. The van der Waals surface area contributed by atoms with Crippen molar-refractivity contribution in [2.75, 3.05) is 6.61 Å². The number of ketones is 2. The van der Waals surface area contributed by atoms with Crippen LogP contribution < -0.4 is 0 Å². The molecule has 0 heterocycles. The van der Waals surface area contributed by atoms with Gasteiger partial charge in [0, 0.05) is 0 Å². The van der Waals surface area contributed by atoms with E-state index >= 15 is 0 Å². The molecule has 0 rings (SSSR count). The Hall–Kier alpha value is -0.860. The second-order valence-electron chi connectivity index (χ2n) is 5.14. The van der Waals surface area contributed by atoms with Crippen LogP contribution in [0.15, 0.2) is 0 Å². The van der Waals surface area contributed by atoms with E-state index < -0.39 is 42.6 Å². The maximum atomic E-state index is 11.6. The van der Waals surface area contributed by atoms with Crippen LogP contribution >= 0.6 is 0 Å². The van der Waals surface area contributed by atoms with Crippen LogP contribution in [0.3, 0.4) is 0 Å². The number of carbonyl (C=O) groups excluding carboxylic acids is 2. The summed E-state index contributed by atoms with van der Waals surface area (Å²) < 4.78 is 0. The summed E-state index contributed by atoms with van der Waals surface area (Å²) in [6.45, 7) is 1.17. The minimum Gasteiger partial charge on any atom is -0.394 e. The number of carbonyl (C=O) groups is 2. The number of hydrogen-bond acceptors (Lipinski definition) is 7. The van der Waals surface area contributed by atoms with Crippen molar-refractivity contribution in [3.05, 3.63) is 0 Å². The van der Waals surface area contributed by atoms with Gasteiger partial charge in [0.05, 0.1) is 12.7 Å². The van der Waals surface area contributed by atoms with Gasteiger partial charge in [-0.1, -0.05) is 39.0 Å². The first-order valence-electron chi connectivity index (χ1n) is 7.27. The highest BCUT2D eigenvalue weighted by Gasteiger charge is 2.35. The van der Waals surface area contributed by atoms with Crippen LogP contribution in [-0.4, -0.2) is 68.1 Å². The third-order valence-electron chi connectivity index (χ3n) is 3.30. The van der Waals surface area contributed by atoms with Crippen LogP contribution in [0.25, 0.3) is 0 Å². The van der Waals surface area contributed by atoms with Gasteiger partial charge in [0.25, 0.3) is 0 Å². The molecule has 2 unspecified atom stereocenters. The number of rotatable bonds is 12. The van der Waals surface area contributed by atoms with Crippen molar-refractivity contribution in [3.63, 3.8) is 0 Å². The second-order valence-corrected chi connectivity index (χ2v) is 5.14. The molecule has 0 radical (unpaired) electrons. The average molecular weight is 306 g/mol. The summed E-state index contributed by atoms with van der Waals surface area (Å²) in [6, 6.07) is 0. The third-order valence-corrected chi connectivity index (χ3v) is 3.30. The van der Waals surface area contributed by atoms with Gasteiger partial charge in [-0.05, 0) is 6.42 Å². The zero-order valence-corrected chi connectivity index (χ0v) is 12.3. The van der Waals surface area contributed by atoms with E-state index in [4.69, 9.17) is 10.2 Å². The van der Waals surface area contributed by atoms with Gasteiger partial charge >= 0.3 is 0 Å². The lowest BCUT2D eigenvalue weighted by atomic mass is 9.97. The maximum absolute atomic E-state index is 11.6. The minimum atomic E-state index is -2.10. The number of unbranched alkanes of at least 4 members (excludes halogenated alkanes) is 4. The molecular formula is C14H26O7. The molecule has 7 nitrogen and oxygen atoms in total. The van der Waals surface area contributed by atoms with Gasteiger partial charge in [-0.25, -0.2) is 0 Å². The molecule has 5 N–H and O–H groups in total. The molecule has 0 aromatic carbocycles. The lowest BCUT2D eigenvalue weighted by Gasteiger charge is -2.19. The Morgan fingerprint density at radius 1 is 0.810 bits per heavy atom. The van der Waals surface area contributed by atoms with Crippen LogP contribution in [0.5, 0.6) is 0 Å². The lowest BCUT2D eigenvalue weighted by Crippen LogP contribution is -2.47. The van der Waals surface area contributed by atoms with Crippen molar-refractivity contribution in [2.24, 2.45) is 0 Å². The monoisotopic (exact) mass is 306 g/mol. The molecule has 0 saturated carbocycles. The van der Waals surface area contributed by atoms with Crippen molar-refractivity contribution in [2.45, 2.75) is 69.9 Å². The van der Waals surface area contributed by atoms with E-state index in [0.717, 1.165) is 25.7 Å². The summed E-state index contributed by atoms with van der Waals surface area (Å²) in [5.74, 6) is -2.79. The van der Waals surface area contributed by atoms with Gasteiger partial charge in [0.2, 0.25) is 11.6 Å². The summed E-state index contributed by atoms with van der Waals surface area (Å²) in [6.07, 6.45) is -2.44. The molecule has 4 atom stereocenters. The summed E-state index contributed by atoms with van der Waals surface area (Å²) >= 11 is 0. The van der Waals surface area contributed by atoms with Crippen LogP contribution in [0.1, 0.15) is 45.4 Å². The second kappa shape index (κ2) is 10.8. The smallest absolute Gasteiger partial charge is 0.232 e. The van der Waals surface area contributed by atoms with E-state index in [0.29, 0.717) is 6.42 Å². The summed E-state index contributed by atoms with van der Waals surface area (Å²) in [7, 11) is 0. The number of hydrogen-bond donors (Lipinski definition) is 5. The van der Waals surface area contributed by atoms with Gasteiger partial charge in [-0.3, -0.25) is 9.59 Å². The first kappa shape index (κ1) is 20.1. The number of Topliss-reactive ketones (excluding diaryl/α,β-unsaturated/α-hetero) is 2. The normalized spacial score (nSPS) is 17.0. The largest absolute Gasteiger partial charge is 0.394 e. The molecule has 7 heteroatoms. The molecule has 0 aliphatic rings. The van der Waals surface area contributed by atoms with E-state index in [2.05, 4.69) is 6.92 Å². The molecule has 0 amide bonds. The summed E-state index contributed by atoms with van der Waals surface area (Å²) in [5, 5.41) is 46.2. The van der Waals surface area contributed by atoms with Crippen LogP contribution in [-0.2, 0) is 9.59 Å². The molecule has 0 fully saturated rings. The molecule has 124 valence electrons. The van der Waals surface area contributed by atoms with Crippen LogP contribution in [0.2, 0.25) is 0 Å². The molecule has 0 bridgehead atoms. The number of aliphatic hydroxyl groups excluding tert-OH is 5. The molecular weight excluding hydrogens is 280 g/mol. The average Bonchev–Trinajstić information content (AvgIpc) is 2.50. The fraction of sp³-hybridized carbons (Fsp3) is 0.857. The fourth-order valence-electron chi connectivity index (χ4n) is 1.86. The van der Waals surface area contributed by atoms with E-state index in [9.17, 15) is 24.9 Å². The van der Waals surface area contributed by atoms with E-state index in [1.165, 1.54) is 0 Å². The van der Waals surface area contributed by atoms with E-state index in [1.807, 2.05) is 0 Å². The van der Waals surface area contributed by atoms with Gasteiger partial charge in [-0.2, -0.15) is 0 Å². The van der Waals surface area contributed by atoms with E-state index in [-0.39, 0.29) is 6.42 Å². The van der Waals surface area contributed by atoms with Crippen molar-refractivity contribution in [3.8, 4) is 0 Å². The fourth-order valence-corrected chi connectivity index (χ4v) is 1.86. The van der Waals surface area contributed by atoms with Crippen molar-refractivity contribution < 1.29 is 35.1 Å². The first-order valence-corrected chi connectivity index (χ1v) is 7.27. The maximum Gasteiger partial charge on any atom is 0.232 e. The molecule has 0 spiro atoms. The highest BCUT2D eigenvalue weighted by Crippen LogP contribution is 2.11. The molecule has 0 aliphatic heterocycles. The number of aliphatic hydroxyl groups is 5. The lowest BCUT2D eigenvalue weighted by molar-refractivity contribution is -0.153. The predicted molar refractivity (Wildman–Crippen MR) is 74.5 cm³/mol. The molecule has 0 aliphatic carbocycles. The topological polar surface area (TPSA) is 135 Å². The Balaban J connectivity index is 4.26. The molecule has 0 aromatic rings. The highest BCUT2D eigenvalue weighted by atomic mass is 16.4. The quantitative estimate of drug-likeness (QED) is 0.228. The van der Waals surface area contributed by atoms with Crippen LogP contribution in [0, 0.1) is 0 Å². The molecule has 0 aromatic heterocycles. The zero-order chi connectivity index (χ0) is 16.4. The van der Waals surface area contributed by atoms with Gasteiger partial charge in [0.15, 0.2) is 0 Å². The predicted octanol–water partition coefficient (Wildman–Crippen LogP) is -1.08. The minimum absolute atomic E-state index is 0.169.